The van der Waals surface area contributed by atoms with E-state index >= 15 is 0 Å². The molecule has 0 saturated carbocycles. The molecule has 3 rings (SSSR count). The Bertz CT molecular complexity index is 936. The molecule has 0 aromatic heterocycles. The van der Waals surface area contributed by atoms with Crippen molar-refractivity contribution in [1.82, 2.24) is 4.90 Å². The number of nitro groups is 1. The Balaban J connectivity index is 1.66. The van der Waals surface area contributed by atoms with Crippen LogP contribution < -0.4 is 11.1 Å². The molecule has 2 aromatic carbocycles. The van der Waals surface area contributed by atoms with Gasteiger partial charge in [0, 0.05) is 35.3 Å². The van der Waals surface area contributed by atoms with E-state index in [1.807, 2.05) is 18.2 Å². The van der Waals surface area contributed by atoms with Gasteiger partial charge in [0.1, 0.15) is 0 Å². The standard InChI is InChI=1S/C21H24N4O4/c1-14-18(6-3-7-19(14)25(28)29)21(27)23-17-5-2-4-15(12-17)13-24-10-8-16(9-11-24)20(22)26/h2-7,12,16H,8-11,13H2,1H3,(H2,22,26)(H,23,27). The number of primary amides is 1. The maximum atomic E-state index is 12.6. The van der Waals surface area contributed by atoms with Crippen LogP contribution in [0.25, 0.3) is 0 Å². The van der Waals surface area contributed by atoms with E-state index < -0.39 is 4.92 Å². The highest BCUT2D eigenvalue weighted by atomic mass is 16.6. The molecule has 8 heteroatoms. The van der Waals surface area contributed by atoms with E-state index in [4.69, 9.17) is 5.73 Å². The van der Waals surface area contributed by atoms with E-state index in [1.165, 1.54) is 12.1 Å². The van der Waals surface area contributed by atoms with Crippen LogP contribution in [-0.4, -0.2) is 34.7 Å². The van der Waals surface area contributed by atoms with Gasteiger partial charge in [-0.25, -0.2) is 0 Å². The zero-order chi connectivity index (χ0) is 21.0. The summed E-state index contributed by atoms with van der Waals surface area (Å²) < 4.78 is 0. The van der Waals surface area contributed by atoms with Crippen molar-refractivity contribution < 1.29 is 14.5 Å². The van der Waals surface area contributed by atoms with E-state index in [2.05, 4.69) is 10.2 Å². The molecule has 0 radical (unpaired) electrons. The maximum absolute atomic E-state index is 12.6. The second-order valence-electron chi connectivity index (χ2n) is 7.31. The van der Waals surface area contributed by atoms with Gasteiger partial charge in [-0.3, -0.25) is 24.6 Å². The van der Waals surface area contributed by atoms with Crippen molar-refractivity contribution in [2.24, 2.45) is 11.7 Å². The molecule has 0 atom stereocenters. The number of amides is 2. The quantitative estimate of drug-likeness (QED) is 0.575. The SMILES string of the molecule is Cc1c(C(=O)Nc2cccc(CN3CCC(C(N)=O)CC3)c2)cccc1[N+](=O)[O-]. The third-order valence-corrected chi connectivity index (χ3v) is 5.33. The number of hydrogen-bond donors (Lipinski definition) is 2. The van der Waals surface area contributed by atoms with Gasteiger partial charge in [-0.1, -0.05) is 18.2 Å². The number of anilines is 1. The number of nitrogens with zero attached hydrogens (tertiary/aromatic N) is 2. The number of likely N-dealkylation sites (tertiary alicyclic amines) is 1. The zero-order valence-corrected chi connectivity index (χ0v) is 16.3. The summed E-state index contributed by atoms with van der Waals surface area (Å²) in [5.41, 5.74) is 7.58. The molecule has 1 aliphatic heterocycles. The minimum absolute atomic E-state index is 0.0463. The Kier molecular flexibility index (Phi) is 6.23. The number of nitrogens with one attached hydrogen (secondary N) is 1. The summed E-state index contributed by atoms with van der Waals surface area (Å²) in [7, 11) is 0. The summed E-state index contributed by atoms with van der Waals surface area (Å²) in [5.74, 6) is -0.661. The summed E-state index contributed by atoms with van der Waals surface area (Å²) >= 11 is 0. The van der Waals surface area contributed by atoms with Crippen molar-refractivity contribution in [3.8, 4) is 0 Å². The fourth-order valence-corrected chi connectivity index (χ4v) is 3.65. The molecule has 152 valence electrons. The lowest BCUT2D eigenvalue weighted by molar-refractivity contribution is -0.385. The van der Waals surface area contributed by atoms with Crippen molar-refractivity contribution in [2.45, 2.75) is 26.3 Å². The predicted octanol–water partition coefficient (Wildman–Crippen LogP) is 2.85. The monoisotopic (exact) mass is 396 g/mol. The normalized spacial score (nSPS) is 15.1. The van der Waals surface area contributed by atoms with Crippen LogP contribution >= 0.6 is 0 Å². The van der Waals surface area contributed by atoms with E-state index in [1.54, 1.807) is 19.1 Å². The highest BCUT2D eigenvalue weighted by molar-refractivity contribution is 6.05. The lowest BCUT2D eigenvalue weighted by Gasteiger charge is -2.30. The molecular weight excluding hydrogens is 372 g/mol. The largest absolute Gasteiger partial charge is 0.369 e. The van der Waals surface area contributed by atoms with Crippen LogP contribution in [0.5, 0.6) is 0 Å². The number of benzene rings is 2. The Morgan fingerprint density at radius 1 is 1.21 bits per heavy atom. The highest BCUT2D eigenvalue weighted by Crippen LogP contribution is 2.23. The fourth-order valence-electron chi connectivity index (χ4n) is 3.65. The van der Waals surface area contributed by atoms with E-state index in [0.29, 0.717) is 17.8 Å². The topological polar surface area (TPSA) is 119 Å². The van der Waals surface area contributed by atoms with Gasteiger partial charge in [-0.15, -0.1) is 0 Å². The molecule has 0 unspecified atom stereocenters. The molecule has 3 N–H and O–H groups in total. The molecule has 2 amide bonds. The molecule has 0 bridgehead atoms. The molecule has 0 spiro atoms. The van der Waals surface area contributed by atoms with Crippen molar-refractivity contribution in [3.63, 3.8) is 0 Å². The molecule has 8 nitrogen and oxygen atoms in total. The lowest BCUT2D eigenvalue weighted by atomic mass is 9.96. The van der Waals surface area contributed by atoms with Crippen LogP contribution in [0.15, 0.2) is 42.5 Å². The number of nitro benzene ring substituents is 1. The van der Waals surface area contributed by atoms with Gasteiger partial charge in [-0.05, 0) is 56.6 Å². The first-order valence-electron chi connectivity index (χ1n) is 9.51. The smallest absolute Gasteiger partial charge is 0.273 e. The molecule has 1 saturated heterocycles. The second-order valence-corrected chi connectivity index (χ2v) is 7.31. The summed E-state index contributed by atoms with van der Waals surface area (Å²) in [6, 6.07) is 12.0. The average molecular weight is 396 g/mol. The van der Waals surface area contributed by atoms with Gasteiger partial charge < -0.3 is 11.1 Å². The minimum Gasteiger partial charge on any atom is -0.369 e. The van der Waals surface area contributed by atoms with Crippen molar-refractivity contribution in [1.29, 1.82) is 0 Å². The van der Waals surface area contributed by atoms with Gasteiger partial charge in [0.2, 0.25) is 5.91 Å². The van der Waals surface area contributed by atoms with Crippen LogP contribution in [0.2, 0.25) is 0 Å². The van der Waals surface area contributed by atoms with Gasteiger partial charge in [0.05, 0.1) is 4.92 Å². The number of hydrogen-bond acceptors (Lipinski definition) is 5. The van der Waals surface area contributed by atoms with Gasteiger partial charge in [0.25, 0.3) is 11.6 Å². The van der Waals surface area contributed by atoms with Crippen LogP contribution in [0, 0.1) is 23.0 Å². The van der Waals surface area contributed by atoms with Crippen LogP contribution in [0.1, 0.15) is 34.3 Å². The molecule has 1 fully saturated rings. The van der Waals surface area contributed by atoms with Crippen LogP contribution in [0.4, 0.5) is 11.4 Å². The summed E-state index contributed by atoms with van der Waals surface area (Å²) in [4.78, 5) is 36.8. The number of rotatable bonds is 6. The molecule has 1 heterocycles. The van der Waals surface area contributed by atoms with Gasteiger partial charge in [0.15, 0.2) is 0 Å². The first-order chi connectivity index (χ1) is 13.8. The fraction of sp³-hybridized carbons (Fsp3) is 0.333. The Morgan fingerprint density at radius 2 is 1.90 bits per heavy atom. The predicted molar refractivity (Wildman–Crippen MR) is 109 cm³/mol. The van der Waals surface area contributed by atoms with Crippen LogP contribution in [-0.2, 0) is 11.3 Å². The Morgan fingerprint density at radius 3 is 2.55 bits per heavy atom. The van der Waals surface area contributed by atoms with Crippen molar-refractivity contribution in [2.75, 3.05) is 18.4 Å². The zero-order valence-electron chi connectivity index (χ0n) is 16.3. The molecular formula is C21H24N4O4. The van der Waals surface area contributed by atoms with E-state index in [0.717, 1.165) is 31.5 Å². The number of nitrogens with two attached hydrogens (primary N) is 1. The first kappa shape index (κ1) is 20.5. The first-order valence-corrected chi connectivity index (χ1v) is 9.51. The number of piperidine rings is 1. The molecule has 2 aromatic rings. The summed E-state index contributed by atoms with van der Waals surface area (Å²) in [6.07, 6.45) is 1.52. The third-order valence-electron chi connectivity index (χ3n) is 5.33. The van der Waals surface area contributed by atoms with Gasteiger partial charge in [-0.2, -0.15) is 0 Å². The number of carbonyl (C=O) groups excluding carboxylic acids is 2. The van der Waals surface area contributed by atoms with Crippen molar-refractivity contribution in [3.05, 3.63) is 69.3 Å². The molecule has 1 aliphatic rings. The minimum atomic E-state index is -0.492. The Hall–Kier alpha value is -3.26. The Labute approximate surface area is 168 Å². The van der Waals surface area contributed by atoms with E-state index in [9.17, 15) is 19.7 Å². The third kappa shape index (κ3) is 4.97. The van der Waals surface area contributed by atoms with Gasteiger partial charge >= 0.3 is 0 Å². The molecule has 0 aliphatic carbocycles. The number of carbonyl (C=O) groups is 2. The molecule has 29 heavy (non-hydrogen) atoms. The summed E-state index contributed by atoms with van der Waals surface area (Å²) in [5, 5.41) is 13.9. The lowest BCUT2D eigenvalue weighted by Crippen LogP contribution is -2.38. The maximum Gasteiger partial charge on any atom is 0.273 e. The van der Waals surface area contributed by atoms with Crippen molar-refractivity contribution >= 4 is 23.2 Å². The summed E-state index contributed by atoms with van der Waals surface area (Å²) in [6.45, 7) is 3.89. The van der Waals surface area contributed by atoms with E-state index in [-0.39, 0.29) is 29.0 Å². The van der Waals surface area contributed by atoms with Crippen LogP contribution in [0.3, 0.4) is 0 Å². The highest BCUT2D eigenvalue weighted by Gasteiger charge is 2.23. The second kappa shape index (κ2) is 8.83. The average Bonchev–Trinajstić information content (AvgIpc) is 2.68.